The highest BCUT2D eigenvalue weighted by molar-refractivity contribution is 8.00. The van der Waals surface area contributed by atoms with Crippen molar-refractivity contribution in [1.29, 1.82) is 0 Å². The summed E-state index contributed by atoms with van der Waals surface area (Å²) in [5.74, 6) is -0.389. The molecule has 1 aliphatic carbocycles. The average Bonchev–Trinajstić information content (AvgIpc) is 3.49. The maximum atomic E-state index is 12.5. The Morgan fingerprint density at radius 1 is 1.27 bits per heavy atom. The predicted octanol–water partition coefficient (Wildman–Crippen LogP) is 1.21. The van der Waals surface area contributed by atoms with E-state index in [1.807, 2.05) is 6.07 Å². The number of hydrogen-bond donors (Lipinski definition) is 2. The molecule has 1 aromatic rings. The van der Waals surface area contributed by atoms with Crippen molar-refractivity contribution in [3.05, 3.63) is 41.6 Å². The summed E-state index contributed by atoms with van der Waals surface area (Å²) in [5.41, 5.74) is 0.969. The molecule has 2 heterocycles. The quantitative estimate of drug-likeness (QED) is 0.727. The molecule has 8 heteroatoms. The van der Waals surface area contributed by atoms with Crippen LogP contribution in [0.3, 0.4) is 0 Å². The summed E-state index contributed by atoms with van der Waals surface area (Å²) in [5, 5.41) is 11.8. The topological polar surface area (TPSA) is 95.9 Å². The monoisotopic (exact) mass is 374 g/mol. The number of para-hydroxylation sites is 1. The summed E-state index contributed by atoms with van der Waals surface area (Å²) in [6.07, 6.45) is 1.96. The zero-order valence-electron chi connectivity index (χ0n) is 13.9. The number of nitrogens with one attached hydrogen (secondary N) is 1. The van der Waals surface area contributed by atoms with E-state index in [4.69, 9.17) is 4.74 Å². The molecule has 2 fully saturated rings. The molecule has 7 nitrogen and oxygen atoms in total. The van der Waals surface area contributed by atoms with Crippen LogP contribution in [0.15, 0.2) is 41.6 Å². The van der Waals surface area contributed by atoms with E-state index in [-0.39, 0.29) is 29.5 Å². The van der Waals surface area contributed by atoms with Crippen molar-refractivity contribution >= 4 is 29.5 Å². The molecule has 0 unspecified atom stereocenters. The lowest BCUT2D eigenvalue weighted by atomic mass is 10.0. The van der Waals surface area contributed by atoms with Gasteiger partial charge in [0.25, 0.3) is 11.8 Å². The second kappa shape index (κ2) is 6.68. The van der Waals surface area contributed by atoms with Crippen molar-refractivity contribution in [1.82, 2.24) is 10.2 Å². The van der Waals surface area contributed by atoms with E-state index in [0.717, 1.165) is 18.4 Å². The van der Waals surface area contributed by atoms with E-state index in [2.05, 4.69) is 5.32 Å². The molecule has 0 spiro atoms. The third-order valence-electron chi connectivity index (χ3n) is 4.70. The van der Waals surface area contributed by atoms with Gasteiger partial charge in [0, 0.05) is 5.75 Å². The Hall–Kier alpha value is -2.48. The maximum absolute atomic E-state index is 12.5. The number of fused-ring (bicyclic) bond motifs is 1. The Labute approximate surface area is 154 Å². The van der Waals surface area contributed by atoms with Gasteiger partial charge in [0.1, 0.15) is 22.9 Å². The van der Waals surface area contributed by atoms with Crippen LogP contribution in [0.2, 0.25) is 0 Å². The molecule has 26 heavy (non-hydrogen) atoms. The molecular weight excluding hydrogens is 356 g/mol. The fourth-order valence-corrected chi connectivity index (χ4v) is 4.73. The summed E-state index contributed by atoms with van der Waals surface area (Å²) in [4.78, 5) is 37.5. The highest BCUT2D eigenvalue weighted by atomic mass is 32.2. The summed E-state index contributed by atoms with van der Waals surface area (Å²) in [7, 11) is 0. The number of hydrogen-bond acceptors (Lipinski definition) is 5. The Balaban J connectivity index is 1.39. The number of carboxylic acids is 1. The number of thioether (sulfide) groups is 1. The summed E-state index contributed by atoms with van der Waals surface area (Å²) in [6, 6.07) is 8.22. The largest absolute Gasteiger partial charge is 0.484 e. The highest BCUT2D eigenvalue weighted by Gasteiger charge is 2.55. The second-order valence-corrected chi connectivity index (χ2v) is 7.61. The molecule has 0 aromatic heterocycles. The van der Waals surface area contributed by atoms with Gasteiger partial charge in [-0.1, -0.05) is 18.2 Å². The van der Waals surface area contributed by atoms with Gasteiger partial charge in [-0.2, -0.15) is 0 Å². The zero-order chi connectivity index (χ0) is 18.3. The van der Waals surface area contributed by atoms with E-state index in [1.54, 1.807) is 24.3 Å². The number of amides is 2. The van der Waals surface area contributed by atoms with Crippen LogP contribution in [0.1, 0.15) is 12.8 Å². The molecule has 136 valence electrons. The number of carbonyl (C=O) groups is 3. The first-order valence-electron chi connectivity index (χ1n) is 8.44. The molecular formula is C18H18N2O5S. The Bertz CT molecular complexity index is 790. The lowest BCUT2D eigenvalue weighted by Gasteiger charge is -2.49. The lowest BCUT2D eigenvalue weighted by molar-refractivity contribution is -0.151. The molecule has 2 aliphatic heterocycles. The van der Waals surface area contributed by atoms with Gasteiger partial charge in [0.05, 0.1) is 0 Å². The zero-order valence-corrected chi connectivity index (χ0v) is 14.7. The molecule has 2 N–H and O–H groups in total. The first-order valence-corrected chi connectivity index (χ1v) is 9.49. The molecule has 2 atom stereocenters. The minimum atomic E-state index is -1.07. The van der Waals surface area contributed by atoms with Crippen molar-refractivity contribution in [3.8, 4) is 5.75 Å². The molecule has 0 radical (unpaired) electrons. The van der Waals surface area contributed by atoms with Crippen LogP contribution in [0.25, 0.3) is 0 Å². The fraction of sp³-hybridized carbons (Fsp3) is 0.389. The normalized spacial score (nSPS) is 24.6. The van der Waals surface area contributed by atoms with E-state index in [0.29, 0.717) is 11.5 Å². The molecule has 2 amide bonds. The minimum Gasteiger partial charge on any atom is -0.484 e. The van der Waals surface area contributed by atoms with Crippen molar-refractivity contribution in [2.45, 2.75) is 24.3 Å². The van der Waals surface area contributed by atoms with Crippen LogP contribution in [0.5, 0.6) is 5.75 Å². The Morgan fingerprint density at radius 3 is 2.65 bits per heavy atom. The number of aliphatic carboxylic acids is 1. The number of carbonyl (C=O) groups excluding carboxylic acids is 2. The second-order valence-electron chi connectivity index (χ2n) is 6.51. The lowest BCUT2D eigenvalue weighted by Crippen LogP contribution is -2.70. The summed E-state index contributed by atoms with van der Waals surface area (Å²) < 4.78 is 5.38. The van der Waals surface area contributed by atoms with Crippen molar-refractivity contribution in [2.75, 3.05) is 12.4 Å². The van der Waals surface area contributed by atoms with E-state index in [1.165, 1.54) is 16.7 Å². The van der Waals surface area contributed by atoms with Crippen molar-refractivity contribution in [3.63, 3.8) is 0 Å². The number of nitrogens with zero attached hydrogens (tertiary/aromatic N) is 1. The average molecular weight is 374 g/mol. The number of carboxylic acid groups (broad SMARTS) is 1. The SMILES string of the molecule is O=C(COc1ccccc1)N[C@@H]1C(=O)N2C(C(=O)O)=C(C3CC3)CS[C@H]12. The Kier molecular flexibility index (Phi) is 4.36. The third kappa shape index (κ3) is 3.05. The van der Waals surface area contributed by atoms with E-state index < -0.39 is 17.9 Å². The molecule has 0 bridgehead atoms. The number of rotatable bonds is 6. The van der Waals surface area contributed by atoms with Crippen LogP contribution < -0.4 is 10.1 Å². The minimum absolute atomic E-state index is 0.118. The highest BCUT2D eigenvalue weighted by Crippen LogP contribution is 2.47. The van der Waals surface area contributed by atoms with Crippen molar-refractivity contribution in [2.24, 2.45) is 5.92 Å². The van der Waals surface area contributed by atoms with Crippen LogP contribution in [-0.4, -0.2) is 51.6 Å². The van der Waals surface area contributed by atoms with Gasteiger partial charge in [0.15, 0.2) is 6.61 Å². The maximum Gasteiger partial charge on any atom is 0.352 e. The molecule has 3 aliphatic rings. The van der Waals surface area contributed by atoms with Gasteiger partial charge >= 0.3 is 5.97 Å². The first-order chi connectivity index (χ1) is 12.6. The standard InChI is InChI=1S/C18H18N2O5S/c21-13(8-25-11-4-2-1-3-5-11)19-14-16(22)20-15(18(23)24)12(10-6-7-10)9-26-17(14)20/h1-5,10,14,17H,6-9H2,(H,19,21)(H,23,24)/t14-,17-/m1/s1. The number of benzene rings is 1. The van der Waals surface area contributed by atoms with Gasteiger partial charge < -0.3 is 15.2 Å². The van der Waals surface area contributed by atoms with Gasteiger partial charge in [-0.15, -0.1) is 11.8 Å². The molecule has 1 saturated carbocycles. The smallest absolute Gasteiger partial charge is 0.352 e. The van der Waals surface area contributed by atoms with E-state index in [9.17, 15) is 19.5 Å². The van der Waals surface area contributed by atoms with Crippen LogP contribution in [-0.2, 0) is 14.4 Å². The third-order valence-corrected chi connectivity index (χ3v) is 6.00. The summed E-state index contributed by atoms with van der Waals surface area (Å²) in [6.45, 7) is -0.194. The van der Waals surface area contributed by atoms with Crippen LogP contribution in [0.4, 0.5) is 0 Å². The summed E-state index contributed by atoms with van der Waals surface area (Å²) >= 11 is 1.51. The fourth-order valence-electron chi connectivity index (χ4n) is 3.27. The number of β-lactam (4-membered cyclic amide) rings is 1. The number of ether oxygens (including phenoxy) is 1. The van der Waals surface area contributed by atoms with Crippen molar-refractivity contribution < 1.29 is 24.2 Å². The molecule has 1 aromatic carbocycles. The predicted molar refractivity (Wildman–Crippen MR) is 94.3 cm³/mol. The molecule has 4 rings (SSSR count). The van der Waals surface area contributed by atoms with Gasteiger partial charge in [-0.3, -0.25) is 14.5 Å². The first kappa shape index (κ1) is 17.0. The Morgan fingerprint density at radius 2 is 2.00 bits per heavy atom. The van der Waals surface area contributed by atoms with Gasteiger partial charge in [-0.05, 0) is 36.5 Å². The van der Waals surface area contributed by atoms with E-state index >= 15 is 0 Å². The van der Waals surface area contributed by atoms with Gasteiger partial charge in [-0.25, -0.2) is 4.79 Å². The van der Waals surface area contributed by atoms with Crippen LogP contribution >= 0.6 is 11.8 Å². The van der Waals surface area contributed by atoms with Gasteiger partial charge in [0.2, 0.25) is 0 Å². The molecule has 1 saturated heterocycles. The van der Waals surface area contributed by atoms with Crippen LogP contribution in [0, 0.1) is 5.92 Å².